The first-order valence-electron chi connectivity index (χ1n) is 11.6. The number of benzene rings is 2. The number of amides is 1. The fraction of sp³-hybridized carbons (Fsp3) is 0.458. The SMILES string of the molecule is O=C([C@@H]1CN(Cc2cccc(S(=O)(=O)N3CCOCC3)c2)c2ccccc2O1)N1CCOCC1. The summed E-state index contributed by atoms with van der Waals surface area (Å²) in [6.07, 6.45) is -0.631. The summed E-state index contributed by atoms with van der Waals surface area (Å²) in [5, 5.41) is 0. The molecule has 0 bridgehead atoms. The highest BCUT2D eigenvalue weighted by Gasteiger charge is 2.34. The first-order valence-corrected chi connectivity index (χ1v) is 13.0. The summed E-state index contributed by atoms with van der Waals surface area (Å²) in [5.74, 6) is 0.601. The molecule has 34 heavy (non-hydrogen) atoms. The van der Waals surface area contributed by atoms with Crippen molar-refractivity contribution in [3.63, 3.8) is 0 Å². The molecule has 10 heteroatoms. The number of ether oxygens (including phenoxy) is 3. The van der Waals surface area contributed by atoms with E-state index in [1.165, 1.54) is 4.31 Å². The molecule has 0 spiro atoms. The van der Waals surface area contributed by atoms with Gasteiger partial charge in [0.1, 0.15) is 5.75 Å². The molecule has 0 aromatic heterocycles. The second-order valence-electron chi connectivity index (χ2n) is 8.56. The Hall–Kier alpha value is -2.66. The highest BCUT2D eigenvalue weighted by Crippen LogP contribution is 2.35. The molecule has 0 N–H and O–H groups in total. The van der Waals surface area contributed by atoms with Gasteiger partial charge in [0.15, 0.2) is 6.10 Å². The van der Waals surface area contributed by atoms with E-state index >= 15 is 0 Å². The van der Waals surface area contributed by atoms with Crippen molar-refractivity contribution >= 4 is 21.6 Å². The first-order chi connectivity index (χ1) is 16.5. The molecule has 0 saturated carbocycles. The fourth-order valence-electron chi connectivity index (χ4n) is 4.53. The Bertz CT molecular complexity index is 1130. The van der Waals surface area contributed by atoms with Gasteiger partial charge in [0.2, 0.25) is 10.0 Å². The summed E-state index contributed by atoms with van der Waals surface area (Å²) in [6.45, 7) is 4.54. The zero-order chi connectivity index (χ0) is 23.5. The molecule has 3 aliphatic rings. The third-order valence-corrected chi connectivity index (χ3v) is 8.23. The van der Waals surface area contributed by atoms with Crippen LogP contribution < -0.4 is 9.64 Å². The maximum absolute atomic E-state index is 13.1. The zero-order valence-corrected chi connectivity index (χ0v) is 19.8. The molecule has 182 valence electrons. The van der Waals surface area contributed by atoms with E-state index in [1.807, 2.05) is 30.3 Å². The minimum absolute atomic E-state index is 0.0496. The van der Waals surface area contributed by atoms with E-state index in [0.29, 0.717) is 71.4 Å². The van der Waals surface area contributed by atoms with Crippen molar-refractivity contribution in [2.45, 2.75) is 17.5 Å². The maximum Gasteiger partial charge on any atom is 0.265 e. The topological polar surface area (TPSA) is 88.6 Å². The van der Waals surface area contributed by atoms with Gasteiger partial charge in [-0.3, -0.25) is 4.79 Å². The van der Waals surface area contributed by atoms with Gasteiger partial charge in [0, 0.05) is 32.7 Å². The summed E-state index contributed by atoms with van der Waals surface area (Å²) in [6, 6.07) is 14.7. The molecule has 1 atom stereocenters. The monoisotopic (exact) mass is 487 g/mol. The fourth-order valence-corrected chi connectivity index (χ4v) is 6.01. The smallest absolute Gasteiger partial charge is 0.265 e. The van der Waals surface area contributed by atoms with E-state index in [4.69, 9.17) is 14.2 Å². The Labute approximate surface area is 199 Å². The number of para-hydroxylation sites is 2. The average Bonchev–Trinajstić information content (AvgIpc) is 2.89. The van der Waals surface area contributed by atoms with Gasteiger partial charge in [-0.05, 0) is 29.8 Å². The molecule has 2 fully saturated rings. The van der Waals surface area contributed by atoms with Crippen LogP contribution in [-0.2, 0) is 30.8 Å². The van der Waals surface area contributed by atoms with E-state index in [1.54, 1.807) is 23.1 Å². The molecular formula is C24H29N3O6S. The third kappa shape index (κ3) is 4.76. The number of carbonyl (C=O) groups is 1. The van der Waals surface area contributed by atoms with Crippen molar-refractivity contribution in [1.29, 1.82) is 0 Å². The average molecular weight is 488 g/mol. The number of hydrogen-bond donors (Lipinski definition) is 0. The molecule has 0 aliphatic carbocycles. The van der Waals surface area contributed by atoms with Crippen LogP contribution >= 0.6 is 0 Å². The van der Waals surface area contributed by atoms with Gasteiger partial charge < -0.3 is 24.0 Å². The van der Waals surface area contributed by atoms with Crippen LogP contribution in [0.5, 0.6) is 5.75 Å². The molecule has 1 amide bonds. The van der Waals surface area contributed by atoms with Crippen LogP contribution in [0.15, 0.2) is 53.4 Å². The van der Waals surface area contributed by atoms with Gasteiger partial charge in [0.25, 0.3) is 5.91 Å². The number of carbonyl (C=O) groups excluding carboxylic acids is 1. The quantitative estimate of drug-likeness (QED) is 0.629. The third-order valence-electron chi connectivity index (χ3n) is 6.34. The van der Waals surface area contributed by atoms with Crippen LogP contribution in [0.1, 0.15) is 5.56 Å². The number of hydrogen-bond acceptors (Lipinski definition) is 7. The van der Waals surface area contributed by atoms with Gasteiger partial charge in [-0.25, -0.2) is 8.42 Å². The first kappa shape index (κ1) is 23.1. The molecule has 2 aromatic carbocycles. The van der Waals surface area contributed by atoms with Crippen molar-refractivity contribution in [2.24, 2.45) is 0 Å². The molecular weight excluding hydrogens is 458 g/mol. The highest BCUT2D eigenvalue weighted by atomic mass is 32.2. The molecule has 2 saturated heterocycles. The molecule has 3 aliphatic heterocycles. The lowest BCUT2D eigenvalue weighted by Crippen LogP contribution is -2.52. The van der Waals surface area contributed by atoms with Gasteiger partial charge in [-0.1, -0.05) is 24.3 Å². The summed E-state index contributed by atoms with van der Waals surface area (Å²) in [7, 11) is -3.59. The highest BCUT2D eigenvalue weighted by molar-refractivity contribution is 7.89. The van der Waals surface area contributed by atoms with Crippen LogP contribution in [-0.4, -0.2) is 88.8 Å². The number of fused-ring (bicyclic) bond motifs is 1. The summed E-state index contributed by atoms with van der Waals surface area (Å²) in [4.78, 5) is 17.3. The Morgan fingerprint density at radius 1 is 0.912 bits per heavy atom. The zero-order valence-electron chi connectivity index (χ0n) is 19.0. The molecule has 3 heterocycles. The van der Waals surface area contributed by atoms with Gasteiger partial charge in [-0.15, -0.1) is 0 Å². The van der Waals surface area contributed by atoms with Crippen molar-refractivity contribution < 1.29 is 27.4 Å². The molecule has 5 rings (SSSR count). The van der Waals surface area contributed by atoms with Crippen molar-refractivity contribution in [2.75, 3.05) is 64.1 Å². The Morgan fingerprint density at radius 2 is 1.62 bits per heavy atom. The van der Waals surface area contributed by atoms with Crippen LogP contribution in [0.3, 0.4) is 0 Å². The standard InChI is InChI=1S/C24H29N3O6S/c28-24(25-8-12-31-13-9-25)23-18-26(21-6-1-2-7-22(21)33-23)17-19-4-3-5-20(16-19)34(29,30)27-10-14-32-15-11-27/h1-7,16,23H,8-15,17-18H2/t23-/m0/s1. The van der Waals surface area contributed by atoms with E-state index in [9.17, 15) is 13.2 Å². The van der Waals surface area contributed by atoms with Crippen molar-refractivity contribution in [3.05, 3.63) is 54.1 Å². The van der Waals surface area contributed by atoms with E-state index < -0.39 is 16.1 Å². The minimum Gasteiger partial charge on any atom is -0.477 e. The number of sulfonamides is 1. The van der Waals surface area contributed by atoms with Crippen molar-refractivity contribution in [1.82, 2.24) is 9.21 Å². The summed E-state index contributed by atoms with van der Waals surface area (Å²) >= 11 is 0. The van der Waals surface area contributed by atoms with Crippen molar-refractivity contribution in [3.8, 4) is 5.75 Å². The summed E-state index contributed by atoms with van der Waals surface area (Å²) in [5.41, 5.74) is 1.73. The number of rotatable bonds is 5. The Balaban J connectivity index is 1.37. The lowest BCUT2D eigenvalue weighted by molar-refractivity contribution is -0.142. The Morgan fingerprint density at radius 3 is 2.38 bits per heavy atom. The van der Waals surface area contributed by atoms with Crippen LogP contribution in [0.4, 0.5) is 5.69 Å². The number of morpholine rings is 2. The Kier molecular flexibility index (Phi) is 6.73. The molecule has 2 aromatic rings. The molecule has 0 radical (unpaired) electrons. The number of nitrogens with zero attached hydrogens (tertiary/aromatic N) is 3. The van der Waals surface area contributed by atoms with E-state index in [-0.39, 0.29) is 10.8 Å². The predicted octanol–water partition coefficient (Wildman–Crippen LogP) is 1.33. The van der Waals surface area contributed by atoms with Crippen LogP contribution in [0.2, 0.25) is 0 Å². The maximum atomic E-state index is 13.1. The van der Waals surface area contributed by atoms with Gasteiger partial charge >= 0.3 is 0 Å². The lowest BCUT2D eigenvalue weighted by atomic mass is 10.1. The van der Waals surface area contributed by atoms with Crippen LogP contribution in [0.25, 0.3) is 0 Å². The van der Waals surface area contributed by atoms with E-state index in [0.717, 1.165) is 11.3 Å². The lowest BCUT2D eigenvalue weighted by Gasteiger charge is -2.38. The molecule has 9 nitrogen and oxygen atoms in total. The minimum atomic E-state index is -3.59. The molecule has 0 unspecified atom stereocenters. The largest absolute Gasteiger partial charge is 0.477 e. The van der Waals surface area contributed by atoms with Gasteiger partial charge in [-0.2, -0.15) is 4.31 Å². The van der Waals surface area contributed by atoms with Gasteiger partial charge in [0.05, 0.1) is 43.6 Å². The predicted molar refractivity (Wildman–Crippen MR) is 125 cm³/mol. The summed E-state index contributed by atoms with van der Waals surface area (Å²) < 4.78 is 44.5. The normalized spacial score (nSPS) is 21.6. The van der Waals surface area contributed by atoms with E-state index in [2.05, 4.69) is 4.90 Å². The second kappa shape index (κ2) is 9.91. The van der Waals surface area contributed by atoms with Crippen LogP contribution in [0, 0.1) is 0 Å². The second-order valence-corrected chi connectivity index (χ2v) is 10.5. The number of anilines is 1.